The lowest BCUT2D eigenvalue weighted by Crippen LogP contribution is -2.62. The molecule has 2 aromatic heterocycles. The molecule has 0 spiro atoms. The van der Waals surface area contributed by atoms with E-state index in [9.17, 15) is 19.5 Å². The highest BCUT2D eigenvalue weighted by Gasteiger charge is 2.41. The van der Waals surface area contributed by atoms with Crippen LogP contribution in [0.5, 0.6) is 0 Å². The molecule has 4 rings (SSSR count). The Bertz CT molecular complexity index is 1310. The third kappa shape index (κ3) is 6.62. The Morgan fingerprint density at radius 3 is 2.24 bits per heavy atom. The SMILES string of the molecule is CC(C)[C@@H](CC(=O)N1CCN(C(=O)c2cc3nc(C4CCC(C)(C)CC4)cc(C(C)(C)C)c3o2)C(C)(C)C1)C(=O)O. The highest BCUT2D eigenvalue weighted by Crippen LogP contribution is 2.43. The van der Waals surface area contributed by atoms with Crippen molar-refractivity contribution >= 4 is 28.9 Å². The van der Waals surface area contributed by atoms with E-state index in [1.54, 1.807) is 15.9 Å². The Labute approximate surface area is 244 Å². The van der Waals surface area contributed by atoms with E-state index in [-0.39, 0.29) is 35.3 Å². The molecule has 8 heteroatoms. The number of amides is 2. The summed E-state index contributed by atoms with van der Waals surface area (Å²) in [6, 6.07) is 3.98. The highest BCUT2D eigenvalue weighted by molar-refractivity contribution is 5.96. The van der Waals surface area contributed by atoms with Gasteiger partial charge < -0.3 is 19.3 Å². The second kappa shape index (κ2) is 11.1. The van der Waals surface area contributed by atoms with Crippen molar-refractivity contribution in [3.8, 4) is 0 Å². The van der Waals surface area contributed by atoms with Crippen LogP contribution in [-0.2, 0) is 15.0 Å². The number of furan rings is 1. The van der Waals surface area contributed by atoms with Gasteiger partial charge in [-0.2, -0.15) is 0 Å². The van der Waals surface area contributed by atoms with Gasteiger partial charge in [-0.15, -0.1) is 0 Å². The zero-order chi connectivity index (χ0) is 30.5. The molecule has 1 aliphatic carbocycles. The number of aromatic nitrogens is 1. The summed E-state index contributed by atoms with van der Waals surface area (Å²) >= 11 is 0. The number of hydrogen-bond acceptors (Lipinski definition) is 5. The molecule has 226 valence electrons. The maximum Gasteiger partial charge on any atom is 0.307 e. The molecule has 0 radical (unpaired) electrons. The first-order chi connectivity index (χ1) is 18.9. The van der Waals surface area contributed by atoms with E-state index in [0.29, 0.717) is 36.6 Å². The van der Waals surface area contributed by atoms with Gasteiger partial charge in [0, 0.05) is 49.3 Å². The number of piperazine rings is 1. The molecular weight excluding hydrogens is 518 g/mol. The van der Waals surface area contributed by atoms with Gasteiger partial charge in [0.2, 0.25) is 5.91 Å². The molecule has 2 fully saturated rings. The molecule has 0 unspecified atom stereocenters. The minimum absolute atomic E-state index is 0.0390. The second-order valence-electron chi connectivity index (χ2n) is 15.1. The van der Waals surface area contributed by atoms with Gasteiger partial charge in [0.25, 0.3) is 5.91 Å². The van der Waals surface area contributed by atoms with Crippen molar-refractivity contribution in [3.63, 3.8) is 0 Å². The summed E-state index contributed by atoms with van der Waals surface area (Å²) in [6.07, 6.45) is 4.54. The van der Waals surface area contributed by atoms with Crippen molar-refractivity contribution in [1.29, 1.82) is 0 Å². The summed E-state index contributed by atoms with van der Waals surface area (Å²) in [5.41, 5.74) is 3.08. The second-order valence-corrected chi connectivity index (χ2v) is 15.1. The molecule has 1 saturated carbocycles. The Hall–Kier alpha value is -2.90. The largest absolute Gasteiger partial charge is 0.481 e. The van der Waals surface area contributed by atoms with Crippen LogP contribution in [0.4, 0.5) is 0 Å². The minimum atomic E-state index is -0.954. The predicted octanol–water partition coefficient (Wildman–Crippen LogP) is 6.62. The number of hydrogen-bond donors (Lipinski definition) is 1. The van der Waals surface area contributed by atoms with E-state index in [2.05, 4.69) is 40.7 Å². The van der Waals surface area contributed by atoms with Crippen molar-refractivity contribution in [1.82, 2.24) is 14.8 Å². The van der Waals surface area contributed by atoms with Crippen molar-refractivity contribution in [2.45, 2.75) is 111 Å². The molecule has 0 aromatic carbocycles. The highest BCUT2D eigenvalue weighted by atomic mass is 16.4. The first kappa shape index (κ1) is 31.0. The standard InChI is InChI=1S/C33H49N3O5/c1-20(2)22(30(39)40)16-27(37)35-14-15-36(33(8,9)19-35)29(38)26-18-25-28(41-26)23(31(3,4)5)17-24(34-25)21-10-12-32(6,7)13-11-21/h17-18,20-22H,10-16,19H2,1-9H3,(H,39,40)/t22-/m1/s1. The fraction of sp³-hybridized carbons (Fsp3) is 0.697. The van der Waals surface area contributed by atoms with E-state index in [4.69, 9.17) is 9.40 Å². The van der Waals surface area contributed by atoms with Gasteiger partial charge in [0.1, 0.15) is 5.52 Å². The van der Waals surface area contributed by atoms with Crippen molar-refractivity contribution < 1.29 is 23.9 Å². The molecule has 3 heterocycles. The molecule has 1 atom stereocenters. The fourth-order valence-corrected chi connectivity index (χ4v) is 6.41. The number of carboxylic acid groups (broad SMARTS) is 1. The molecule has 0 bridgehead atoms. The van der Waals surface area contributed by atoms with E-state index >= 15 is 0 Å². The summed E-state index contributed by atoms with van der Waals surface area (Å²) in [6.45, 7) is 19.7. The number of pyridine rings is 1. The minimum Gasteiger partial charge on any atom is -0.481 e. The van der Waals surface area contributed by atoms with Crippen LogP contribution in [0.1, 0.15) is 122 Å². The maximum atomic E-state index is 13.9. The maximum absolute atomic E-state index is 13.9. The topological polar surface area (TPSA) is 104 Å². The van der Waals surface area contributed by atoms with Crippen LogP contribution in [0.15, 0.2) is 16.5 Å². The fourth-order valence-electron chi connectivity index (χ4n) is 6.41. The lowest BCUT2D eigenvalue weighted by molar-refractivity contribution is -0.148. The number of carbonyl (C=O) groups excluding carboxylic acids is 2. The third-order valence-corrected chi connectivity index (χ3v) is 9.29. The summed E-state index contributed by atoms with van der Waals surface area (Å²) in [4.78, 5) is 47.0. The number of fused-ring (bicyclic) bond motifs is 1. The Morgan fingerprint density at radius 2 is 1.71 bits per heavy atom. The number of carboxylic acids is 1. The van der Waals surface area contributed by atoms with E-state index in [0.717, 1.165) is 29.6 Å². The quantitative estimate of drug-likeness (QED) is 0.421. The van der Waals surface area contributed by atoms with Gasteiger partial charge in [0.15, 0.2) is 11.3 Å². The Balaban J connectivity index is 1.57. The van der Waals surface area contributed by atoms with Crippen molar-refractivity contribution in [3.05, 3.63) is 29.2 Å². The molecule has 1 saturated heterocycles. The molecule has 2 aromatic rings. The van der Waals surface area contributed by atoms with Crippen LogP contribution >= 0.6 is 0 Å². The zero-order valence-electron chi connectivity index (χ0n) is 26.5. The molecule has 2 amide bonds. The van der Waals surface area contributed by atoms with Crippen LogP contribution < -0.4 is 0 Å². The zero-order valence-corrected chi connectivity index (χ0v) is 26.5. The molecule has 1 aliphatic heterocycles. The Morgan fingerprint density at radius 1 is 1.07 bits per heavy atom. The smallest absolute Gasteiger partial charge is 0.307 e. The summed E-state index contributed by atoms with van der Waals surface area (Å²) < 4.78 is 6.29. The van der Waals surface area contributed by atoms with Crippen molar-refractivity contribution in [2.75, 3.05) is 19.6 Å². The lowest BCUT2D eigenvalue weighted by atomic mass is 9.72. The van der Waals surface area contributed by atoms with Gasteiger partial charge in [-0.3, -0.25) is 14.4 Å². The van der Waals surface area contributed by atoms with E-state index < -0.39 is 17.4 Å². The van der Waals surface area contributed by atoms with Crippen LogP contribution in [0.3, 0.4) is 0 Å². The molecular formula is C33H49N3O5. The van der Waals surface area contributed by atoms with Gasteiger partial charge in [-0.25, -0.2) is 4.98 Å². The van der Waals surface area contributed by atoms with Crippen LogP contribution in [0, 0.1) is 17.3 Å². The summed E-state index contributed by atoms with van der Waals surface area (Å²) in [7, 11) is 0. The van der Waals surface area contributed by atoms with Gasteiger partial charge in [0.05, 0.1) is 11.5 Å². The molecule has 1 N–H and O–H groups in total. The number of carbonyl (C=O) groups is 3. The Kier molecular flexibility index (Phi) is 8.38. The lowest BCUT2D eigenvalue weighted by Gasteiger charge is -2.47. The normalized spacial score (nSPS) is 20.4. The third-order valence-electron chi connectivity index (χ3n) is 9.29. The summed E-state index contributed by atoms with van der Waals surface area (Å²) in [5.74, 6) is -1.56. The first-order valence-electron chi connectivity index (χ1n) is 15.2. The molecule has 2 aliphatic rings. The first-order valence-corrected chi connectivity index (χ1v) is 15.2. The predicted molar refractivity (Wildman–Crippen MR) is 160 cm³/mol. The van der Waals surface area contributed by atoms with Crippen LogP contribution in [0.2, 0.25) is 0 Å². The number of nitrogens with zero attached hydrogens (tertiary/aromatic N) is 3. The van der Waals surface area contributed by atoms with Gasteiger partial charge in [-0.1, -0.05) is 48.5 Å². The average Bonchev–Trinajstić information content (AvgIpc) is 3.28. The average molecular weight is 568 g/mol. The van der Waals surface area contributed by atoms with Crippen LogP contribution in [0.25, 0.3) is 11.1 Å². The van der Waals surface area contributed by atoms with Gasteiger partial charge >= 0.3 is 5.97 Å². The molecule has 41 heavy (non-hydrogen) atoms. The van der Waals surface area contributed by atoms with Gasteiger partial charge in [-0.05, 0) is 62.3 Å². The van der Waals surface area contributed by atoms with E-state index in [1.807, 2.05) is 27.7 Å². The van der Waals surface area contributed by atoms with E-state index in [1.165, 1.54) is 12.8 Å². The number of rotatable bonds is 6. The summed E-state index contributed by atoms with van der Waals surface area (Å²) in [5, 5.41) is 9.54. The van der Waals surface area contributed by atoms with Crippen molar-refractivity contribution in [2.24, 2.45) is 17.3 Å². The number of aliphatic carboxylic acids is 1. The molecule has 8 nitrogen and oxygen atoms in total. The van der Waals surface area contributed by atoms with Crippen LogP contribution in [-0.4, -0.2) is 62.8 Å². The monoisotopic (exact) mass is 567 g/mol.